The van der Waals surface area contributed by atoms with Gasteiger partial charge in [0, 0.05) is 28.9 Å². The van der Waals surface area contributed by atoms with E-state index >= 15 is 0 Å². The summed E-state index contributed by atoms with van der Waals surface area (Å²) >= 11 is 1.53. The molecule has 1 atom stereocenters. The summed E-state index contributed by atoms with van der Waals surface area (Å²) in [4.78, 5) is 34.2. The second-order valence-electron chi connectivity index (χ2n) is 10.0. The van der Waals surface area contributed by atoms with Crippen LogP contribution in [0.3, 0.4) is 0 Å². The molecule has 1 aliphatic carbocycles. The number of carbonyl (C=O) groups is 1. The SMILES string of the molecule is CC(C)Sc1nc2c(c(=O)[nH]1)C(c1ccc(C(C)C)cc1)C1=C(CC(C)(C)CC1=O)N2. The molecule has 2 aromatic rings. The number of allylic oxidation sites excluding steroid dienone is 2. The Labute approximate surface area is 188 Å². The van der Waals surface area contributed by atoms with Gasteiger partial charge in [0.1, 0.15) is 5.82 Å². The Bertz CT molecular complexity index is 1110. The summed E-state index contributed by atoms with van der Waals surface area (Å²) in [6.07, 6.45) is 1.24. The molecule has 1 aliphatic heterocycles. The minimum absolute atomic E-state index is 0.113. The highest BCUT2D eigenvalue weighted by atomic mass is 32.2. The van der Waals surface area contributed by atoms with Crippen LogP contribution in [0.1, 0.15) is 82.9 Å². The van der Waals surface area contributed by atoms with E-state index in [0.29, 0.717) is 34.1 Å². The van der Waals surface area contributed by atoms with Gasteiger partial charge in [-0.25, -0.2) is 4.98 Å². The number of fused-ring (bicyclic) bond motifs is 1. The largest absolute Gasteiger partial charge is 0.343 e. The number of rotatable bonds is 4. The van der Waals surface area contributed by atoms with Gasteiger partial charge in [0.05, 0.1) is 5.56 Å². The molecule has 0 saturated heterocycles. The van der Waals surface area contributed by atoms with Crippen molar-refractivity contribution in [2.45, 2.75) is 76.6 Å². The van der Waals surface area contributed by atoms with Crippen LogP contribution in [0.4, 0.5) is 5.82 Å². The zero-order valence-corrected chi connectivity index (χ0v) is 19.9. The summed E-state index contributed by atoms with van der Waals surface area (Å²) in [6, 6.07) is 8.32. The van der Waals surface area contributed by atoms with Crippen molar-refractivity contribution in [3.63, 3.8) is 0 Å². The van der Waals surface area contributed by atoms with E-state index in [1.165, 1.54) is 17.3 Å². The van der Waals surface area contributed by atoms with Gasteiger partial charge in [-0.3, -0.25) is 9.59 Å². The Morgan fingerprint density at radius 2 is 1.74 bits per heavy atom. The molecule has 1 unspecified atom stereocenters. The fourth-order valence-electron chi connectivity index (χ4n) is 4.58. The van der Waals surface area contributed by atoms with Crippen LogP contribution >= 0.6 is 11.8 Å². The lowest BCUT2D eigenvalue weighted by Gasteiger charge is -2.38. The van der Waals surface area contributed by atoms with E-state index in [0.717, 1.165) is 23.3 Å². The molecule has 4 rings (SSSR count). The maximum Gasteiger partial charge on any atom is 0.257 e. The van der Waals surface area contributed by atoms with Crippen LogP contribution in [0.2, 0.25) is 0 Å². The lowest BCUT2D eigenvalue weighted by atomic mass is 9.69. The Kier molecular flexibility index (Phi) is 5.63. The number of anilines is 1. The van der Waals surface area contributed by atoms with Crippen LogP contribution in [-0.2, 0) is 4.79 Å². The Morgan fingerprint density at radius 1 is 1.06 bits per heavy atom. The molecule has 1 aromatic heterocycles. The van der Waals surface area contributed by atoms with E-state index in [-0.39, 0.29) is 16.8 Å². The van der Waals surface area contributed by atoms with Crippen molar-refractivity contribution in [1.82, 2.24) is 9.97 Å². The summed E-state index contributed by atoms with van der Waals surface area (Å²) in [5.74, 6) is 0.712. The molecule has 0 radical (unpaired) electrons. The minimum Gasteiger partial charge on any atom is -0.343 e. The van der Waals surface area contributed by atoms with Crippen LogP contribution in [-0.4, -0.2) is 21.0 Å². The second kappa shape index (κ2) is 7.97. The smallest absolute Gasteiger partial charge is 0.257 e. The highest BCUT2D eigenvalue weighted by Gasteiger charge is 2.42. The van der Waals surface area contributed by atoms with E-state index in [1.54, 1.807) is 0 Å². The summed E-state index contributed by atoms with van der Waals surface area (Å²) in [5, 5.41) is 4.29. The first kappa shape index (κ1) is 21.9. The molecule has 1 aromatic carbocycles. The lowest BCUT2D eigenvalue weighted by molar-refractivity contribution is -0.118. The number of ketones is 1. The van der Waals surface area contributed by atoms with E-state index in [4.69, 9.17) is 4.98 Å². The summed E-state index contributed by atoms with van der Waals surface area (Å²) in [6.45, 7) is 12.7. The van der Waals surface area contributed by atoms with Crippen molar-refractivity contribution in [1.29, 1.82) is 0 Å². The third kappa shape index (κ3) is 4.22. The second-order valence-corrected chi connectivity index (χ2v) is 11.6. The number of hydrogen-bond donors (Lipinski definition) is 2. The average molecular weight is 438 g/mol. The molecule has 2 aliphatic rings. The van der Waals surface area contributed by atoms with Crippen molar-refractivity contribution in [2.75, 3.05) is 5.32 Å². The predicted molar refractivity (Wildman–Crippen MR) is 127 cm³/mol. The highest BCUT2D eigenvalue weighted by molar-refractivity contribution is 7.99. The molecule has 2 heterocycles. The number of nitrogens with one attached hydrogen (secondary N) is 2. The molecule has 0 fully saturated rings. The lowest BCUT2D eigenvalue weighted by Crippen LogP contribution is -2.37. The van der Waals surface area contributed by atoms with Gasteiger partial charge in [-0.2, -0.15) is 0 Å². The summed E-state index contributed by atoms with van der Waals surface area (Å²) in [5.41, 5.74) is 4.07. The Hall–Kier alpha value is -2.34. The van der Waals surface area contributed by atoms with E-state index in [9.17, 15) is 9.59 Å². The first-order valence-electron chi connectivity index (χ1n) is 11.0. The van der Waals surface area contributed by atoms with Gasteiger partial charge >= 0.3 is 0 Å². The van der Waals surface area contributed by atoms with E-state index in [2.05, 4.69) is 76.1 Å². The van der Waals surface area contributed by atoms with Crippen LogP contribution < -0.4 is 10.9 Å². The van der Waals surface area contributed by atoms with Gasteiger partial charge in [-0.15, -0.1) is 0 Å². The first-order chi connectivity index (χ1) is 14.6. The number of nitrogens with zero attached hydrogens (tertiary/aromatic N) is 1. The number of aromatic nitrogens is 2. The van der Waals surface area contributed by atoms with Crippen molar-refractivity contribution in [3.8, 4) is 0 Å². The molecule has 0 saturated carbocycles. The number of aromatic amines is 1. The van der Waals surface area contributed by atoms with Crippen LogP contribution in [0, 0.1) is 5.41 Å². The molecule has 2 N–H and O–H groups in total. The van der Waals surface area contributed by atoms with Crippen LogP contribution in [0.25, 0.3) is 0 Å². The topological polar surface area (TPSA) is 74.8 Å². The van der Waals surface area contributed by atoms with E-state index in [1.807, 2.05) is 0 Å². The van der Waals surface area contributed by atoms with Gasteiger partial charge in [0.15, 0.2) is 10.9 Å². The standard InChI is InChI=1S/C25H31N3O2S/c1-13(2)15-7-9-16(10-8-15)19-20-17(11-25(5,6)12-18(20)29)26-22-21(19)23(30)28-24(27-22)31-14(3)4/h7-10,13-14,19H,11-12H2,1-6H3,(H2,26,27,28,30). The third-order valence-corrected chi connectivity index (χ3v) is 6.87. The number of benzene rings is 1. The fourth-order valence-corrected chi connectivity index (χ4v) is 5.32. The van der Waals surface area contributed by atoms with Gasteiger partial charge in [0.2, 0.25) is 0 Å². The normalized spacial score (nSPS) is 20.0. The molecule has 0 spiro atoms. The van der Waals surface area contributed by atoms with Gasteiger partial charge < -0.3 is 10.3 Å². The first-order valence-corrected chi connectivity index (χ1v) is 11.9. The quantitative estimate of drug-likeness (QED) is 0.481. The van der Waals surface area contributed by atoms with Crippen molar-refractivity contribution < 1.29 is 4.79 Å². The minimum atomic E-state index is -0.398. The molecule has 31 heavy (non-hydrogen) atoms. The molecule has 0 amide bonds. The van der Waals surface area contributed by atoms with Crippen LogP contribution in [0.15, 0.2) is 45.5 Å². The maximum absolute atomic E-state index is 13.3. The Morgan fingerprint density at radius 3 is 2.35 bits per heavy atom. The molecular weight excluding hydrogens is 406 g/mol. The molecule has 6 heteroatoms. The molecule has 5 nitrogen and oxygen atoms in total. The monoisotopic (exact) mass is 437 g/mol. The number of thioether (sulfide) groups is 1. The Balaban J connectivity index is 1.91. The van der Waals surface area contributed by atoms with Gasteiger partial charge in [-0.1, -0.05) is 77.6 Å². The van der Waals surface area contributed by atoms with Crippen molar-refractivity contribution in [2.24, 2.45) is 5.41 Å². The number of Topliss-reactive ketones (excluding diaryl/α,β-unsaturated/α-hetero) is 1. The van der Waals surface area contributed by atoms with Crippen LogP contribution in [0.5, 0.6) is 0 Å². The number of hydrogen-bond acceptors (Lipinski definition) is 5. The zero-order chi connectivity index (χ0) is 22.5. The third-order valence-electron chi connectivity index (χ3n) is 5.98. The van der Waals surface area contributed by atoms with Gasteiger partial charge in [-0.05, 0) is 28.9 Å². The van der Waals surface area contributed by atoms with Gasteiger partial charge in [0.25, 0.3) is 5.56 Å². The molecule has 164 valence electrons. The van der Waals surface area contributed by atoms with E-state index < -0.39 is 5.92 Å². The summed E-state index contributed by atoms with van der Waals surface area (Å²) in [7, 11) is 0. The summed E-state index contributed by atoms with van der Waals surface area (Å²) < 4.78 is 0. The average Bonchev–Trinajstić information content (AvgIpc) is 2.64. The predicted octanol–water partition coefficient (Wildman–Crippen LogP) is 5.59. The number of carbonyl (C=O) groups excluding carboxylic acids is 1. The fraction of sp³-hybridized carbons (Fsp3) is 0.480. The number of H-pyrrole nitrogens is 1. The maximum atomic E-state index is 13.3. The molecule has 0 bridgehead atoms. The molecular formula is C25H31N3O2S. The zero-order valence-electron chi connectivity index (χ0n) is 19.1. The van der Waals surface area contributed by atoms with Crippen molar-refractivity contribution >= 4 is 23.4 Å². The van der Waals surface area contributed by atoms with Crippen molar-refractivity contribution in [3.05, 3.63) is 62.6 Å². The highest BCUT2D eigenvalue weighted by Crippen LogP contribution is 2.47.